The third-order valence-electron chi connectivity index (χ3n) is 4.15. The van der Waals surface area contributed by atoms with Gasteiger partial charge in [-0.3, -0.25) is 0 Å². The topological polar surface area (TPSA) is 77.3 Å². The number of aromatic carboxylic acids is 1. The van der Waals surface area contributed by atoms with E-state index in [-0.39, 0.29) is 12.2 Å². The molecule has 0 aliphatic rings. The van der Waals surface area contributed by atoms with Crippen LogP contribution in [-0.2, 0) is 18.1 Å². The van der Waals surface area contributed by atoms with E-state index in [4.69, 9.17) is 19.4 Å². The minimum absolute atomic E-state index is 0.231. The number of carbonyl (C=O) groups is 1. The average molecular weight is 391 g/mol. The molecule has 0 amide bonds. The van der Waals surface area contributed by atoms with Gasteiger partial charge in [-0.25, -0.2) is 4.79 Å². The number of hydrogen-bond acceptors (Lipinski definition) is 5. The van der Waals surface area contributed by atoms with Gasteiger partial charge in [0.25, 0.3) is 0 Å². The molecule has 0 bridgehead atoms. The molecule has 29 heavy (non-hydrogen) atoms. The third kappa shape index (κ3) is 5.59. The molecule has 6 heteroatoms. The summed E-state index contributed by atoms with van der Waals surface area (Å²) >= 11 is 0. The van der Waals surface area contributed by atoms with Gasteiger partial charge in [-0.1, -0.05) is 53.7 Å². The molecule has 0 aliphatic heterocycles. The molecule has 6 nitrogen and oxygen atoms in total. The summed E-state index contributed by atoms with van der Waals surface area (Å²) in [5.41, 5.74) is 2.80. The van der Waals surface area contributed by atoms with Gasteiger partial charge in [0.05, 0.1) is 18.9 Å². The number of oxime groups is 1. The number of ether oxygens (including phenoxy) is 2. The maximum Gasteiger partial charge on any atom is 0.335 e. The molecule has 0 radical (unpaired) electrons. The highest BCUT2D eigenvalue weighted by Crippen LogP contribution is 2.31. The molecule has 0 heterocycles. The van der Waals surface area contributed by atoms with E-state index < -0.39 is 5.97 Å². The van der Waals surface area contributed by atoms with Gasteiger partial charge in [0, 0.05) is 5.56 Å². The first-order valence-corrected chi connectivity index (χ1v) is 8.98. The largest absolute Gasteiger partial charge is 0.493 e. The zero-order valence-corrected chi connectivity index (χ0v) is 15.9. The molecule has 148 valence electrons. The van der Waals surface area contributed by atoms with Crippen molar-refractivity contribution >= 4 is 12.2 Å². The number of methoxy groups -OCH3 is 1. The number of carboxylic acids is 1. The zero-order valence-electron chi connectivity index (χ0n) is 15.9. The molecule has 0 saturated heterocycles. The Labute approximate surface area is 169 Å². The lowest BCUT2D eigenvalue weighted by Gasteiger charge is -2.13. The van der Waals surface area contributed by atoms with Crippen molar-refractivity contribution in [1.29, 1.82) is 0 Å². The highest BCUT2D eigenvalue weighted by Gasteiger charge is 2.10. The van der Waals surface area contributed by atoms with Crippen molar-refractivity contribution in [3.63, 3.8) is 0 Å². The minimum atomic E-state index is -0.962. The van der Waals surface area contributed by atoms with Crippen LogP contribution in [0.5, 0.6) is 11.5 Å². The summed E-state index contributed by atoms with van der Waals surface area (Å²) in [6, 6.07) is 21.8. The van der Waals surface area contributed by atoms with E-state index >= 15 is 0 Å². The van der Waals surface area contributed by atoms with Gasteiger partial charge in [-0.05, 0) is 35.4 Å². The summed E-state index contributed by atoms with van der Waals surface area (Å²) in [5.74, 6) is 0.139. The molecule has 0 atom stereocenters. The summed E-state index contributed by atoms with van der Waals surface area (Å²) in [5, 5.41) is 13.0. The molecule has 3 aromatic rings. The van der Waals surface area contributed by atoms with E-state index in [1.54, 1.807) is 43.7 Å². The molecule has 3 aromatic carbocycles. The van der Waals surface area contributed by atoms with Crippen LogP contribution in [-0.4, -0.2) is 24.4 Å². The Morgan fingerprint density at radius 1 is 0.931 bits per heavy atom. The number of benzene rings is 3. The van der Waals surface area contributed by atoms with Crippen LogP contribution in [0, 0.1) is 0 Å². The summed E-state index contributed by atoms with van der Waals surface area (Å²) in [6.45, 7) is 0.624. The summed E-state index contributed by atoms with van der Waals surface area (Å²) < 4.78 is 11.3. The van der Waals surface area contributed by atoms with Crippen molar-refractivity contribution in [3.8, 4) is 11.5 Å². The second-order valence-electron chi connectivity index (χ2n) is 6.16. The van der Waals surface area contributed by atoms with Crippen molar-refractivity contribution in [2.75, 3.05) is 7.11 Å². The molecule has 0 spiro atoms. The van der Waals surface area contributed by atoms with Crippen molar-refractivity contribution in [2.24, 2.45) is 5.16 Å². The van der Waals surface area contributed by atoms with Crippen LogP contribution in [0.4, 0.5) is 0 Å². The quantitative estimate of drug-likeness (QED) is 0.429. The lowest BCUT2D eigenvalue weighted by atomic mass is 10.1. The second kappa shape index (κ2) is 9.94. The molecule has 3 rings (SSSR count). The van der Waals surface area contributed by atoms with E-state index in [2.05, 4.69) is 5.16 Å². The Bertz CT molecular complexity index is 968. The highest BCUT2D eigenvalue weighted by atomic mass is 16.6. The van der Waals surface area contributed by atoms with Gasteiger partial charge in [0.1, 0.15) is 13.2 Å². The van der Waals surface area contributed by atoms with Gasteiger partial charge in [0.15, 0.2) is 11.5 Å². The monoisotopic (exact) mass is 391 g/mol. The first kappa shape index (κ1) is 19.9. The predicted molar refractivity (Wildman–Crippen MR) is 110 cm³/mol. The fourth-order valence-corrected chi connectivity index (χ4v) is 2.63. The smallest absolute Gasteiger partial charge is 0.335 e. The van der Waals surface area contributed by atoms with Gasteiger partial charge < -0.3 is 19.4 Å². The van der Waals surface area contributed by atoms with Crippen LogP contribution in [0.2, 0.25) is 0 Å². The number of nitrogens with zero attached hydrogens (tertiary/aromatic N) is 1. The van der Waals surface area contributed by atoms with Crippen LogP contribution >= 0.6 is 0 Å². The standard InChI is InChI=1S/C23H21NO5/c1-27-21-9-5-8-20(14-24-29-16-17-6-3-2-4-7-17)22(21)28-15-18-10-12-19(13-11-18)23(25)26/h2-14H,15-16H2,1H3,(H,25,26). The highest BCUT2D eigenvalue weighted by molar-refractivity contribution is 5.87. The van der Waals surface area contributed by atoms with Crippen molar-refractivity contribution in [2.45, 2.75) is 13.2 Å². The van der Waals surface area contributed by atoms with Gasteiger partial charge >= 0.3 is 5.97 Å². The normalized spacial score (nSPS) is 10.7. The summed E-state index contributed by atoms with van der Waals surface area (Å²) in [4.78, 5) is 16.3. The molecule has 0 fully saturated rings. The van der Waals surface area contributed by atoms with Crippen LogP contribution in [0.3, 0.4) is 0 Å². The van der Waals surface area contributed by atoms with Crippen LogP contribution in [0.25, 0.3) is 0 Å². The van der Waals surface area contributed by atoms with Crippen LogP contribution in [0.1, 0.15) is 27.0 Å². The van der Waals surface area contributed by atoms with Crippen molar-refractivity contribution in [1.82, 2.24) is 0 Å². The molecule has 0 aliphatic carbocycles. The van der Waals surface area contributed by atoms with Crippen LogP contribution in [0.15, 0.2) is 78.0 Å². The first-order valence-electron chi connectivity index (χ1n) is 8.98. The SMILES string of the molecule is COc1cccc(C=NOCc2ccccc2)c1OCc1ccc(C(=O)O)cc1. The maximum absolute atomic E-state index is 11.0. The van der Waals surface area contributed by atoms with E-state index in [9.17, 15) is 4.79 Å². The van der Waals surface area contributed by atoms with E-state index in [0.717, 1.165) is 11.1 Å². The molecule has 1 N–H and O–H groups in total. The summed E-state index contributed by atoms with van der Waals surface area (Å²) in [7, 11) is 1.57. The lowest BCUT2D eigenvalue weighted by molar-refractivity contribution is 0.0697. The fraction of sp³-hybridized carbons (Fsp3) is 0.130. The van der Waals surface area contributed by atoms with E-state index in [1.807, 2.05) is 42.5 Å². The maximum atomic E-state index is 11.0. The van der Waals surface area contributed by atoms with Gasteiger partial charge in [0.2, 0.25) is 0 Å². The Hall–Kier alpha value is -3.80. The number of para-hydroxylation sites is 1. The van der Waals surface area contributed by atoms with E-state index in [1.165, 1.54) is 0 Å². The molecule has 0 aromatic heterocycles. The lowest BCUT2D eigenvalue weighted by Crippen LogP contribution is -2.02. The Morgan fingerprint density at radius 2 is 1.66 bits per heavy atom. The fourth-order valence-electron chi connectivity index (χ4n) is 2.63. The molecular weight excluding hydrogens is 370 g/mol. The minimum Gasteiger partial charge on any atom is -0.493 e. The molecular formula is C23H21NO5. The third-order valence-corrected chi connectivity index (χ3v) is 4.15. The number of carboxylic acid groups (broad SMARTS) is 1. The number of rotatable bonds is 9. The van der Waals surface area contributed by atoms with Gasteiger partial charge in [-0.15, -0.1) is 0 Å². The van der Waals surface area contributed by atoms with E-state index in [0.29, 0.717) is 23.7 Å². The zero-order chi connectivity index (χ0) is 20.5. The van der Waals surface area contributed by atoms with Crippen LogP contribution < -0.4 is 9.47 Å². The Kier molecular flexibility index (Phi) is 6.84. The Balaban J connectivity index is 1.68. The predicted octanol–water partition coefficient (Wildman–Crippen LogP) is 4.52. The Morgan fingerprint density at radius 3 is 2.34 bits per heavy atom. The van der Waals surface area contributed by atoms with Crippen molar-refractivity contribution in [3.05, 3.63) is 95.1 Å². The average Bonchev–Trinajstić information content (AvgIpc) is 2.76. The first-order chi connectivity index (χ1) is 14.2. The molecule has 0 unspecified atom stereocenters. The number of hydrogen-bond donors (Lipinski definition) is 1. The molecule has 0 saturated carbocycles. The second-order valence-corrected chi connectivity index (χ2v) is 6.16. The van der Waals surface area contributed by atoms with Gasteiger partial charge in [-0.2, -0.15) is 0 Å². The van der Waals surface area contributed by atoms with Crippen molar-refractivity contribution < 1.29 is 24.2 Å². The summed E-state index contributed by atoms with van der Waals surface area (Å²) in [6.07, 6.45) is 1.58.